The van der Waals surface area contributed by atoms with Crippen molar-refractivity contribution in [3.8, 4) is 0 Å². The van der Waals surface area contributed by atoms with E-state index in [-0.39, 0.29) is 10.0 Å². The Morgan fingerprint density at radius 1 is 1.14 bits per heavy atom. The summed E-state index contributed by atoms with van der Waals surface area (Å²) in [6.45, 7) is 0. The van der Waals surface area contributed by atoms with E-state index in [1.165, 1.54) is 6.07 Å². The average Bonchev–Trinajstić information content (AvgIpc) is 2.45. The van der Waals surface area contributed by atoms with Gasteiger partial charge in [-0.3, -0.25) is 4.79 Å². The van der Waals surface area contributed by atoms with Gasteiger partial charge in [0.25, 0.3) is 5.91 Å². The molecular weight excluding hydrogens is 341 g/mol. The molecule has 2 rings (SSSR count). The Balaban J connectivity index is 2.25. The summed E-state index contributed by atoms with van der Waals surface area (Å²) in [6, 6.07) is 10.7. The molecule has 1 atom stereocenters. The molecular formula is C15H11BrFNO3. The standard InChI is InChI=1S/C15H11BrFNO3/c16-12-8-10(17)6-7-11(12)14(19)18-13(15(20)21)9-4-2-1-3-5-9/h1-8,13H,(H,18,19)(H,20,21)/t13-/m1/s1. The molecule has 6 heteroatoms. The molecule has 0 unspecified atom stereocenters. The molecule has 0 radical (unpaired) electrons. The van der Waals surface area contributed by atoms with Crippen molar-refractivity contribution in [2.75, 3.05) is 0 Å². The van der Waals surface area contributed by atoms with Gasteiger partial charge < -0.3 is 10.4 Å². The highest BCUT2D eigenvalue weighted by Crippen LogP contribution is 2.20. The summed E-state index contributed by atoms with van der Waals surface area (Å²) in [6.07, 6.45) is 0. The lowest BCUT2D eigenvalue weighted by atomic mass is 10.1. The van der Waals surface area contributed by atoms with Crippen LogP contribution in [-0.2, 0) is 4.79 Å². The molecule has 2 aromatic carbocycles. The Hall–Kier alpha value is -2.21. The average molecular weight is 352 g/mol. The summed E-state index contributed by atoms with van der Waals surface area (Å²) in [5.41, 5.74) is 0.621. The Labute approximate surface area is 128 Å². The number of aliphatic carboxylic acids is 1. The Kier molecular flexibility index (Phi) is 4.70. The summed E-state index contributed by atoms with van der Waals surface area (Å²) in [5.74, 6) is -2.26. The number of carbonyl (C=O) groups excluding carboxylic acids is 1. The van der Waals surface area contributed by atoms with Crippen molar-refractivity contribution in [2.45, 2.75) is 6.04 Å². The van der Waals surface area contributed by atoms with Gasteiger partial charge in [0.1, 0.15) is 5.82 Å². The van der Waals surface area contributed by atoms with E-state index in [1.54, 1.807) is 30.3 Å². The number of rotatable bonds is 4. The van der Waals surface area contributed by atoms with Crippen LogP contribution in [0.1, 0.15) is 22.0 Å². The number of benzene rings is 2. The first kappa shape index (κ1) is 15.2. The van der Waals surface area contributed by atoms with Crippen molar-refractivity contribution in [3.63, 3.8) is 0 Å². The normalized spacial score (nSPS) is 11.7. The SMILES string of the molecule is O=C(N[C@@H](C(=O)O)c1ccccc1)c1ccc(F)cc1Br. The van der Waals surface area contributed by atoms with Crippen LogP contribution in [-0.4, -0.2) is 17.0 Å². The lowest BCUT2D eigenvalue weighted by Gasteiger charge is -2.15. The minimum absolute atomic E-state index is 0.165. The van der Waals surface area contributed by atoms with Crippen LogP contribution in [0.2, 0.25) is 0 Å². The van der Waals surface area contributed by atoms with Crippen molar-refractivity contribution < 1.29 is 19.1 Å². The molecule has 0 aromatic heterocycles. The summed E-state index contributed by atoms with van der Waals surface area (Å²) < 4.78 is 13.3. The molecule has 0 bridgehead atoms. The lowest BCUT2D eigenvalue weighted by molar-refractivity contribution is -0.139. The number of hydrogen-bond donors (Lipinski definition) is 2. The highest BCUT2D eigenvalue weighted by atomic mass is 79.9. The monoisotopic (exact) mass is 351 g/mol. The molecule has 1 amide bonds. The quantitative estimate of drug-likeness (QED) is 0.889. The van der Waals surface area contributed by atoms with Crippen molar-refractivity contribution in [2.24, 2.45) is 0 Å². The maximum absolute atomic E-state index is 13.0. The van der Waals surface area contributed by atoms with E-state index in [1.807, 2.05) is 0 Å². The third-order valence-electron chi connectivity index (χ3n) is 2.83. The zero-order valence-electron chi connectivity index (χ0n) is 10.7. The molecule has 0 saturated heterocycles. The Bertz CT molecular complexity index is 676. The lowest BCUT2D eigenvalue weighted by Crippen LogP contribution is -2.33. The first-order chi connectivity index (χ1) is 9.99. The second-order valence-electron chi connectivity index (χ2n) is 4.28. The largest absolute Gasteiger partial charge is 0.479 e. The molecule has 4 nitrogen and oxygen atoms in total. The van der Waals surface area contributed by atoms with Gasteiger partial charge in [-0.05, 0) is 39.7 Å². The molecule has 0 saturated carbocycles. The summed E-state index contributed by atoms with van der Waals surface area (Å²) >= 11 is 3.08. The van der Waals surface area contributed by atoms with Crippen LogP contribution in [0.4, 0.5) is 4.39 Å². The molecule has 0 spiro atoms. The van der Waals surface area contributed by atoms with Gasteiger partial charge in [-0.15, -0.1) is 0 Å². The number of nitrogens with one attached hydrogen (secondary N) is 1. The maximum atomic E-state index is 13.0. The number of hydrogen-bond acceptors (Lipinski definition) is 2. The fourth-order valence-electron chi connectivity index (χ4n) is 1.82. The second-order valence-corrected chi connectivity index (χ2v) is 5.13. The Morgan fingerprint density at radius 2 is 1.81 bits per heavy atom. The number of carbonyl (C=O) groups is 2. The van der Waals surface area contributed by atoms with Crippen LogP contribution in [0.25, 0.3) is 0 Å². The van der Waals surface area contributed by atoms with Crippen LogP contribution in [0.5, 0.6) is 0 Å². The van der Waals surface area contributed by atoms with Crippen LogP contribution in [0, 0.1) is 5.82 Å². The number of carboxylic acid groups (broad SMARTS) is 1. The molecule has 0 aliphatic carbocycles. The summed E-state index contributed by atoms with van der Waals surface area (Å²) in [4.78, 5) is 23.5. The summed E-state index contributed by atoms with van der Waals surface area (Å²) in [5, 5.41) is 11.7. The van der Waals surface area contributed by atoms with Gasteiger partial charge in [0.05, 0.1) is 5.56 Å². The van der Waals surface area contributed by atoms with E-state index in [4.69, 9.17) is 0 Å². The molecule has 2 N–H and O–H groups in total. The van der Waals surface area contributed by atoms with Crippen molar-refractivity contribution in [3.05, 3.63) is 69.9 Å². The van der Waals surface area contributed by atoms with Gasteiger partial charge in [0.2, 0.25) is 0 Å². The van der Waals surface area contributed by atoms with Gasteiger partial charge in [-0.1, -0.05) is 30.3 Å². The third kappa shape index (κ3) is 3.66. The van der Waals surface area contributed by atoms with Gasteiger partial charge in [-0.2, -0.15) is 0 Å². The first-order valence-electron chi connectivity index (χ1n) is 6.02. The first-order valence-corrected chi connectivity index (χ1v) is 6.82. The third-order valence-corrected chi connectivity index (χ3v) is 3.49. The molecule has 0 aliphatic rings. The molecule has 0 aliphatic heterocycles. The smallest absolute Gasteiger partial charge is 0.330 e. The highest BCUT2D eigenvalue weighted by molar-refractivity contribution is 9.10. The molecule has 0 heterocycles. The predicted molar refractivity (Wildman–Crippen MR) is 78.4 cm³/mol. The van der Waals surface area contributed by atoms with Crippen molar-refractivity contribution in [1.82, 2.24) is 5.32 Å². The van der Waals surface area contributed by atoms with Gasteiger partial charge in [-0.25, -0.2) is 9.18 Å². The van der Waals surface area contributed by atoms with Crippen LogP contribution in [0.15, 0.2) is 53.0 Å². The maximum Gasteiger partial charge on any atom is 0.330 e. The predicted octanol–water partition coefficient (Wildman–Crippen LogP) is 3.14. The minimum atomic E-state index is -1.17. The highest BCUT2D eigenvalue weighted by Gasteiger charge is 2.23. The van der Waals surface area contributed by atoms with E-state index < -0.39 is 23.7 Å². The van der Waals surface area contributed by atoms with E-state index in [0.29, 0.717) is 5.56 Å². The van der Waals surface area contributed by atoms with E-state index in [9.17, 15) is 19.1 Å². The second kappa shape index (κ2) is 6.49. The molecule has 0 fully saturated rings. The van der Waals surface area contributed by atoms with Gasteiger partial charge >= 0.3 is 5.97 Å². The van der Waals surface area contributed by atoms with Gasteiger partial charge in [0.15, 0.2) is 6.04 Å². The summed E-state index contributed by atoms with van der Waals surface area (Å²) in [7, 11) is 0. The number of halogens is 2. The number of amides is 1. The molecule has 108 valence electrons. The van der Waals surface area contributed by atoms with Crippen molar-refractivity contribution >= 4 is 27.8 Å². The fraction of sp³-hybridized carbons (Fsp3) is 0.0667. The topological polar surface area (TPSA) is 66.4 Å². The van der Waals surface area contributed by atoms with E-state index in [0.717, 1.165) is 12.1 Å². The van der Waals surface area contributed by atoms with Gasteiger partial charge in [0, 0.05) is 4.47 Å². The fourth-order valence-corrected chi connectivity index (χ4v) is 2.35. The Morgan fingerprint density at radius 3 is 2.38 bits per heavy atom. The van der Waals surface area contributed by atoms with Crippen LogP contribution >= 0.6 is 15.9 Å². The van der Waals surface area contributed by atoms with E-state index in [2.05, 4.69) is 21.2 Å². The zero-order valence-corrected chi connectivity index (χ0v) is 12.3. The van der Waals surface area contributed by atoms with Crippen molar-refractivity contribution in [1.29, 1.82) is 0 Å². The molecule has 21 heavy (non-hydrogen) atoms. The van der Waals surface area contributed by atoms with Crippen LogP contribution < -0.4 is 5.32 Å². The van der Waals surface area contributed by atoms with E-state index >= 15 is 0 Å². The zero-order chi connectivity index (χ0) is 15.4. The minimum Gasteiger partial charge on any atom is -0.479 e. The van der Waals surface area contributed by atoms with Crippen LogP contribution in [0.3, 0.4) is 0 Å². The molecule has 2 aromatic rings. The number of carboxylic acids is 1.